The zero-order chi connectivity index (χ0) is 14.9. The maximum absolute atomic E-state index is 11.5. The molecule has 1 saturated carbocycles. The van der Waals surface area contributed by atoms with Crippen LogP contribution in [0, 0.1) is 0 Å². The van der Waals surface area contributed by atoms with Gasteiger partial charge >= 0.3 is 5.97 Å². The second-order valence-electron chi connectivity index (χ2n) is 5.71. The van der Waals surface area contributed by atoms with Crippen molar-refractivity contribution in [1.82, 2.24) is 0 Å². The zero-order valence-electron chi connectivity index (χ0n) is 12.1. The van der Waals surface area contributed by atoms with Crippen LogP contribution >= 0.6 is 11.8 Å². The molecular weight excluding hydrogens is 288 g/mol. The molecule has 21 heavy (non-hydrogen) atoms. The first kappa shape index (κ1) is 14.6. The maximum Gasteiger partial charge on any atom is 0.314 e. The molecule has 0 aromatic heterocycles. The van der Waals surface area contributed by atoms with E-state index in [4.69, 9.17) is 9.47 Å². The summed E-state index contributed by atoms with van der Waals surface area (Å²) in [6.07, 6.45) is 3.80. The van der Waals surface area contributed by atoms with Crippen molar-refractivity contribution in [3.63, 3.8) is 0 Å². The van der Waals surface area contributed by atoms with Gasteiger partial charge in [-0.25, -0.2) is 0 Å². The van der Waals surface area contributed by atoms with Crippen molar-refractivity contribution in [2.75, 3.05) is 18.6 Å². The van der Waals surface area contributed by atoms with E-state index in [1.807, 2.05) is 30.0 Å². The third-order valence-corrected chi connectivity index (χ3v) is 5.47. The molecule has 1 aromatic rings. The van der Waals surface area contributed by atoms with Crippen LogP contribution in [0.4, 0.5) is 0 Å². The Bertz CT molecular complexity index is 533. The summed E-state index contributed by atoms with van der Waals surface area (Å²) in [7, 11) is 1.61. The number of hydrogen-bond acceptors (Lipinski definition) is 4. The van der Waals surface area contributed by atoms with Crippen LogP contribution in [0.3, 0.4) is 0 Å². The van der Waals surface area contributed by atoms with Gasteiger partial charge < -0.3 is 14.6 Å². The molecule has 114 valence electrons. The van der Waals surface area contributed by atoms with Gasteiger partial charge in [0, 0.05) is 5.75 Å². The van der Waals surface area contributed by atoms with Gasteiger partial charge in [-0.15, -0.1) is 0 Å². The van der Waals surface area contributed by atoms with Gasteiger partial charge in [-0.1, -0.05) is 6.07 Å². The number of carboxylic acids is 1. The maximum atomic E-state index is 11.5. The van der Waals surface area contributed by atoms with E-state index in [0.717, 1.165) is 24.2 Å². The standard InChI is InChI=1S/C16H20O4S/c1-19-13-5-4-11(16(6-7-16)15(17)18)9-14(13)20-12-3-2-8-21-10-12/h4-5,9,12H,2-3,6-8,10H2,1H3,(H,17,18). The SMILES string of the molecule is COc1ccc(C2(C(=O)O)CC2)cc1OC1CCCSC1. The van der Waals surface area contributed by atoms with Gasteiger partial charge in [0.1, 0.15) is 6.10 Å². The van der Waals surface area contributed by atoms with Crippen LogP contribution in [0.1, 0.15) is 31.2 Å². The van der Waals surface area contributed by atoms with E-state index in [1.165, 1.54) is 5.75 Å². The molecule has 4 nitrogen and oxygen atoms in total. The summed E-state index contributed by atoms with van der Waals surface area (Å²) in [5.74, 6) is 2.79. The molecule has 1 aliphatic carbocycles. The smallest absolute Gasteiger partial charge is 0.314 e. The molecule has 1 unspecified atom stereocenters. The minimum atomic E-state index is -0.744. The molecule has 1 heterocycles. The highest BCUT2D eigenvalue weighted by atomic mass is 32.2. The van der Waals surface area contributed by atoms with Crippen molar-refractivity contribution in [3.05, 3.63) is 23.8 Å². The number of benzene rings is 1. The van der Waals surface area contributed by atoms with Gasteiger partial charge in [0.15, 0.2) is 11.5 Å². The number of ether oxygens (including phenoxy) is 2. The van der Waals surface area contributed by atoms with Crippen LogP contribution in [0.25, 0.3) is 0 Å². The number of hydrogen-bond donors (Lipinski definition) is 1. The molecule has 0 radical (unpaired) electrons. The molecule has 0 amide bonds. The van der Waals surface area contributed by atoms with Gasteiger partial charge in [0.2, 0.25) is 0 Å². The molecule has 1 aliphatic heterocycles. The Morgan fingerprint density at radius 1 is 1.38 bits per heavy atom. The van der Waals surface area contributed by atoms with Crippen molar-refractivity contribution in [3.8, 4) is 11.5 Å². The molecule has 2 fully saturated rings. The second-order valence-corrected chi connectivity index (χ2v) is 6.86. The number of methoxy groups -OCH3 is 1. The lowest BCUT2D eigenvalue weighted by Gasteiger charge is -2.24. The topological polar surface area (TPSA) is 55.8 Å². The lowest BCUT2D eigenvalue weighted by Crippen LogP contribution is -2.24. The molecule has 2 aliphatic rings. The van der Waals surface area contributed by atoms with E-state index < -0.39 is 11.4 Å². The average molecular weight is 308 g/mol. The summed E-state index contributed by atoms with van der Waals surface area (Å²) in [5.41, 5.74) is 0.125. The quantitative estimate of drug-likeness (QED) is 0.906. The minimum absolute atomic E-state index is 0.188. The van der Waals surface area contributed by atoms with Crippen LogP contribution in [0.5, 0.6) is 11.5 Å². The number of carboxylic acid groups (broad SMARTS) is 1. The van der Waals surface area contributed by atoms with E-state index in [-0.39, 0.29) is 6.10 Å². The van der Waals surface area contributed by atoms with Gasteiger partial charge in [0.05, 0.1) is 12.5 Å². The Labute approximate surface area is 128 Å². The highest BCUT2D eigenvalue weighted by Crippen LogP contribution is 2.50. The van der Waals surface area contributed by atoms with Crippen LogP contribution < -0.4 is 9.47 Å². The Morgan fingerprint density at radius 2 is 2.19 bits per heavy atom. The van der Waals surface area contributed by atoms with Crippen LogP contribution in [0.15, 0.2) is 18.2 Å². The highest BCUT2D eigenvalue weighted by Gasteiger charge is 2.52. The molecule has 1 saturated heterocycles. The van der Waals surface area contributed by atoms with Gasteiger partial charge in [-0.3, -0.25) is 4.79 Å². The monoisotopic (exact) mass is 308 g/mol. The van der Waals surface area contributed by atoms with E-state index in [1.54, 1.807) is 7.11 Å². The summed E-state index contributed by atoms with van der Waals surface area (Å²) < 4.78 is 11.4. The fourth-order valence-corrected chi connectivity index (χ4v) is 3.84. The first-order valence-corrected chi connectivity index (χ1v) is 8.47. The van der Waals surface area contributed by atoms with E-state index in [2.05, 4.69) is 0 Å². The molecule has 0 bridgehead atoms. The lowest BCUT2D eigenvalue weighted by atomic mass is 9.96. The molecule has 5 heteroatoms. The first-order valence-electron chi connectivity index (χ1n) is 7.32. The summed E-state index contributed by atoms with van der Waals surface area (Å²) in [5, 5.41) is 9.42. The molecule has 1 N–H and O–H groups in total. The number of carbonyl (C=O) groups is 1. The Morgan fingerprint density at radius 3 is 2.76 bits per heavy atom. The largest absolute Gasteiger partial charge is 0.493 e. The minimum Gasteiger partial charge on any atom is -0.493 e. The van der Waals surface area contributed by atoms with Crippen molar-refractivity contribution in [2.24, 2.45) is 0 Å². The predicted octanol–water partition coefficient (Wildman–Crippen LogP) is 3.09. The highest BCUT2D eigenvalue weighted by molar-refractivity contribution is 7.99. The van der Waals surface area contributed by atoms with E-state index in [9.17, 15) is 9.90 Å². The fourth-order valence-electron chi connectivity index (χ4n) is 2.80. The van der Waals surface area contributed by atoms with Crippen molar-refractivity contribution < 1.29 is 19.4 Å². The van der Waals surface area contributed by atoms with Gasteiger partial charge in [0.25, 0.3) is 0 Å². The Balaban J connectivity index is 1.85. The Kier molecular flexibility index (Phi) is 4.02. The summed E-state index contributed by atoms with van der Waals surface area (Å²) in [6, 6.07) is 5.53. The van der Waals surface area contributed by atoms with Crippen molar-refractivity contribution in [2.45, 2.75) is 37.2 Å². The third kappa shape index (κ3) is 2.84. The predicted molar refractivity (Wildman–Crippen MR) is 82.5 cm³/mol. The van der Waals surface area contributed by atoms with E-state index >= 15 is 0 Å². The van der Waals surface area contributed by atoms with Crippen molar-refractivity contribution >= 4 is 17.7 Å². The first-order chi connectivity index (χ1) is 10.2. The third-order valence-electron chi connectivity index (χ3n) is 4.29. The molecule has 3 rings (SSSR count). The summed E-state index contributed by atoms with van der Waals surface area (Å²) in [4.78, 5) is 11.5. The average Bonchev–Trinajstić information content (AvgIpc) is 3.30. The summed E-state index contributed by atoms with van der Waals surface area (Å²) in [6.45, 7) is 0. The molecule has 1 atom stereocenters. The normalized spacial score (nSPS) is 23.4. The molecular formula is C16H20O4S. The van der Waals surface area contributed by atoms with E-state index in [0.29, 0.717) is 24.3 Å². The lowest BCUT2D eigenvalue weighted by molar-refractivity contribution is -0.140. The van der Waals surface area contributed by atoms with Crippen LogP contribution in [0.2, 0.25) is 0 Å². The summed E-state index contributed by atoms with van der Waals surface area (Å²) >= 11 is 1.90. The van der Waals surface area contributed by atoms with Crippen LogP contribution in [-0.4, -0.2) is 35.8 Å². The fraction of sp³-hybridized carbons (Fsp3) is 0.562. The second kappa shape index (κ2) is 5.79. The number of aliphatic carboxylic acids is 1. The van der Waals surface area contributed by atoms with Gasteiger partial charge in [-0.2, -0.15) is 11.8 Å². The molecule has 1 aromatic carbocycles. The number of rotatable bonds is 5. The molecule has 0 spiro atoms. The van der Waals surface area contributed by atoms with Crippen molar-refractivity contribution in [1.29, 1.82) is 0 Å². The van der Waals surface area contributed by atoms with Gasteiger partial charge in [-0.05, 0) is 49.1 Å². The number of thioether (sulfide) groups is 1. The zero-order valence-corrected chi connectivity index (χ0v) is 12.9. The van der Waals surface area contributed by atoms with Crippen LogP contribution in [-0.2, 0) is 10.2 Å². The Hall–Kier alpha value is -1.36.